The lowest BCUT2D eigenvalue weighted by Gasteiger charge is -2.37. The molecule has 0 saturated carbocycles. The van der Waals surface area contributed by atoms with E-state index in [0.717, 1.165) is 5.56 Å². The number of ether oxygens (including phenoxy) is 3. The van der Waals surface area contributed by atoms with Crippen LogP contribution in [0.2, 0.25) is 0 Å². The molecule has 2 aromatic rings. The molecule has 1 fully saturated rings. The average molecular weight is 424 g/mol. The molecule has 0 unspecified atom stereocenters. The van der Waals surface area contributed by atoms with Crippen LogP contribution in [0.1, 0.15) is 29.8 Å². The summed E-state index contributed by atoms with van der Waals surface area (Å²) in [5.41, 5.74) is 2.24. The summed E-state index contributed by atoms with van der Waals surface area (Å²) in [5, 5.41) is 0. The van der Waals surface area contributed by atoms with Gasteiger partial charge in [-0.3, -0.25) is 9.59 Å². The summed E-state index contributed by atoms with van der Waals surface area (Å²) < 4.78 is 17.0. The molecule has 4 rings (SSSR count). The van der Waals surface area contributed by atoms with E-state index in [1.165, 1.54) is 0 Å². The first-order valence-corrected chi connectivity index (χ1v) is 10.7. The number of carbonyl (C=O) groups is 2. The molecule has 0 bridgehead atoms. The Kier molecular flexibility index (Phi) is 6.53. The number of carbonyl (C=O) groups excluding carboxylic acids is 2. The van der Waals surface area contributed by atoms with Crippen LogP contribution >= 0.6 is 0 Å². The maximum Gasteiger partial charge on any atom is 0.265 e. The van der Waals surface area contributed by atoms with Crippen LogP contribution in [0, 0.1) is 0 Å². The molecule has 0 aromatic heterocycles. The zero-order valence-corrected chi connectivity index (χ0v) is 18.0. The van der Waals surface area contributed by atoms with Gasteiger partial charge in [0.05, 0.1) is 38.2 Å². The quantitative estimate of drug-likeness (QED) is 0.738. The molecule has 7 nitrogen and oxygen atoms in total. The molecule has 1 saturated heterocycles. The number of hydrogen-bond acceptors (Lipinski definition) is 5. The first-order chi connectivity index (χ1) is 15.0. The normalized spacial score (nSPS) is 18.5. The van der Waals surface area contributed by atoms with Crippen LogP contribution in [0.15, 0.2) is 48.5 Å². The smallest absolute Gasteiger partial charge is 0.265 e. The van der Waals surface area contributed by atoms with Gasteiger partial charge in [-0.1, -0.05) is 24.3 Å². The Labute approximate surface area is 182 Å². The maximum atomic E-state index is 13.4. The van der Waals surface area contributed by atoms with Crippen LogP contribution < -0.4 is 9.64 Å². The minimum Gasteiger partial charge on any atom is -0.476 e. The predicted octanol–water partition coefficient (Wildman–Crippen LogP) is 2.88. The van der Waals surface area contributed by atoms with Gasteiger partial charge < -0.3 is 24.0 Å². The summed E-state index contributed by atoms with van der Waals surface area (Å²) in [6, 6.07) is 14.7. The molecular weight excluding hydrogens is 396 g/mol. The fraction of sp³-hybridized carbons (Fsp3) is 0.417. The highest BCUT2D eigenvalue weighted by Gasteiger charge is 2.36. The van der Waals surface area contributed by atoms with E-state index in [-0.39, 0.29) is 24.5 Å². The minimum atomic E-state index is -0.740. The van der Waals surface area contributed by atoms with E-state index in [1.54, 1.807) is 28.0 Å². The molecule has 1 atom stereocenters. The second kappa shape index (κ2) is 9.49. The van der Waals surface area contributed by atoms with Crippen molar-refractivity contribution in [3.05, 3.63) is 59.7 Å². The van der Waals surface area contributed by atoms with Crippen LogP contribution in [0.5, 0.6) is 5.75 Å². The number of benzene rings is 2. The molecule has 164 valence electrons. The zero-order chi connectivity index (χ0) is 21.8. The van der Waals surface area contributed by atoms with E-state index < -0.39 is 6.10 Å². The lowest BCUT2D eigenvalue weighted by atomic mass is 10.1. The Morgan fingerprint density at radius 3 is 2.48 bits per heavy atom. The third-order valence-corrected chi connectivity index (χ3v) is 5.40. The van der Waals surface area contributed by atoms with Crippen LogP contribution in [0.4, 0.5) is 5.69 Å². The Morgan fingerprint density at radius 2 is 1.77 bits per heavy atom. The number of hydrogen-bond donors (Lipinski definition) is 0. The predicted molar refractivity (Wildman–Crippen MR) is 116 cm³/mol. The van der Waals surface area contributed by atoms with Crippen molar-refractivity contribution < 1.29 is 23.8 Å². The lowest BCUT2D eigenvalue weighted by Crippen LogP contribution is -2.54. The Balaban J connectivity index is 1.54. The molecule has 0 N–H and O–H groups in total. The largest absolute Gasteiger partial charge is 0.476 e. The Hall–Kier alpha value is -2.90. The summed E-state index contributed by atoms with van der Waals surface area (Å²) in [5.74, 6) is 0.263. The SMILES string of the molecule is CC(C)OCc1ccc(C(=O)N2C[C@H](C(=O)N3CCOCC3)Oc3ccccc32)cc1. The second-order valence-corrected chi connectivity index (χ2v) is 7.98. The number of nitrogens with zero attached hydrogens (tertiary/aromatic N) is 2. The van der Waals surface area contributed by atoms with Crippen LogP contribution in [0.3, 0.4) is 0 Å². The van der Waals surface area contributed by atoms with Gasteiger partial charge in [-0.05, 0) is 43.7 Å². The van der Waals surface area contributed by atoms with Crippen molar-refractivity contribution in [3.63, 3.8) is 0 Å². The first-order valence-electron chi connectivity index (χ1n) is 10.7. The van der Waals surface area contributed by atoms with E-state index in [1.807, 2.05) is 44.2 Å². The fourth-order valence-electron chi connectivity index (χ4n) is 3.70. The average Bonchev–Trinajstić information content (AvgIpc) is 2.82. The van der Waals surface area contributed by atoms with Gasteiger partial charge in [0.2, 0.25) is 0 Å². The van der Waals surface area contributed by atoms with Gasteiger partial charge in [0.1, 0.15) is 5.75 Å². The van der Waals surface area contributed by atoms with Gasteiger partial charge >= 0.3 is 0 Å². The molecule has 31 heavy (non-hydrogen) atoms. The van der Waals surface area contributed by atoms with Crippen LogP contribution in [-0.4, -0.2) is 61.8 Å². The lowest BCUT2D eigenvalue weighted by molar-refractivity contribution is -0.142. The third-order valence-electron chi connectivity index (χ3n) is 5.40. The summed E-state index contributed by atoms with van der Waals surface area (Å²) in [6.07, 6.45) is -0.595. The molecule has 2 aliphatic heterocycles. The van der Waals surface area contributed by atoms with Crippen molar-refractivity contribution in [1.82, 2.24) is 4.90 Å². The Bertz CT molecular complexity index is 922. The van der Waals surface area contributed by atoms with Gasteiger partial charge in [-0.15, -0.1) is 0 Å². The van der Waals surface area contributed by atoms with E-state index >= 15 is 0 Å². The summed E-state index contributed by atoms with van der Waals surface area (Å²) in [4.78, 5) is 29.8. The van der Waals surface area contributed by atoms with Crippen molar-refractivity contribution >= 4 is 17.5 Å². The van der Waals surface area contributed by atoms with E-state index in [2.05, 4.69) is 0 Å². The minimum absolute atomic E-state index is 0.114. The van der Waals surface area contributed by atoms with Gasteiger partial charge in [0.25, 0.3) is 11.8 Å². The number of morpholine rings is 1. The van der Waals surface area contributed by atoms with Crippen LogP contribution in [0.25, 0.3) is 0 Å². The van der Waals surface area contributed by atoms with Crippen molar-refractivity contribution in [2.45, 2.75) is 32.7 Å². The standard InChI is InChI=1S/C24H28N2O5/c1-17(2)30-16-18-7-9-19(10-8-18)23(27)26-15-22(24(28)25-11-13-29-14-12-25)31-21-6-4-3-5-20(21)26/h3-10,17,22H,11-16H2,1-2H3/t22-/m1/s1. The van der Waals surface area contributed by atoms with Crippen molar-refractivity contribution in [2.75, 3.05) is 37.7 Å². The molecule has 0 aliphatic carbocycles. The molecule has 0 spiro atoms. The molecule has 2 aliphatic rings. The van der Waals surface area contributed by atoms with Gasteiger partial charge in [-0.2, -0.15) is 0 Å². The van der Waals surface area contributed by atoms with Crippen molar-refractivity contribution in [3.8, 4) is 5.75 Å². The number of para-hydroxylation sites is 2. The molecule has 2 amide bonds. The number of fused-ring (bicyclic) bond motifs is 1. The number of anilines is 1. The molecular formula is C24H28N2O5. The zero-order valence-electron chi connectivity index (χ0n) is 18.0. The summed E-state index contributed by atoms with van der Waals surface area (Å²) in [6.45, 7) is 6.76. The third kappa shape index (κ3) is 4.89. The number of rotatable bonds is 5. The van der Waals surface area contributed by atoms with Crippen molar-refractivity contribution in [1.29, 1.82) is 0 Å². The van der Waals surface area contributed by atoms with Crippen molar-refractivity contribution in [2.24, 2.45) is 0 Å². The topological polar surface area (TPSA) is 68.3 Å². The highest BCUT2D eigenvalue weighted by molar-refractivity contribution is 6.07. The van der Waals surface area contributed by atoms with E-state index in [9.17, 15) is 9.59 Å². The molecule has 2 aromatic carbocycles. The maximum absolute atomic E-state index is 13.4. The Morgan fingerprint density at radius 1 is 1.06 bits per heavy atom. The first kappa shape index (κ1) is 21.3. The summed E-state index contributed by atoms with van der Waals surface area (Å²) >= 11 is 0. The number of amides is 2. The molecule has 0 radical (unpaired) electrons. The van der Waals surface area contributed by atoms with Crippen LogP contribution in [-0.2, 0) is 20.9 Å². The highest BCUT2D eigenvalue weighted by atomic mass is 16.5. The highest BCUT2D eigenvalue weighted by Crippen LogP contribution is 2.34. The monoisotopic (exact) mass is 424 g/mol. The molecule has 7 heteroatoms. The fourth-order valence-corrected chi connectivity index (χ4v) is 3.70. The molecule has 2 heterocycles. The second-order valence-electron chi connectivity index (χ2n) is 7.98. The van der Waals surface area contributed by atoms with E-state index in [0.29, 0.717) is 49.9 Å². The van der Waals surface area contributed by atoms with E-state index in [4.69, 9.17) is 14.2 Å². The summed E-state index contributed by atoms with van der Waals surface area (Å²) in [7, 11) is 0. The van der Waals surface area contributed by atoms with Gasteiger partial charge in [-0.25, -0.2) is 0 Å². The van der Waals surface area contributed by atoms with Gasteiger partial charge in [0.15, 0.2) is 6.10 Å². The van der Waals surface area contributed by atoms with Gasteiger partial charge in [0, 0.05) is 18.7 Å².